The van der Waals surface area contributed by atoms with E-state index in [4.69, 9.17) is 52.6 Å². The molecule has 0 spiro atoms. The Balaban J connectivity index is 0.000000151. The molecule has 80 heavy (non-hydrogen) atoms. The predicted octanol–water partition coefficient (Wildman–Crippen LogP) is 6.96. The summed E-state index contributed by atoms with van der Waals surface area (Å²) in [5.74, 6) is 4.03. The van der Waals surface area contributed by atoms with E-state index in [0.29, 0.717) is 98.0 Å². The molecule has 4 aromatic carbocycles. The minimum Gasteiger partial charge on any atom is -0.489 e. The largest absolute Gasteiger partial charge is 0.489 e. The number of piperazine rings is 2. The smallest absolute Gasteiger partial charge is 0.246 e. The Hall–Kier alpha value is -7.78. The number of hydrogen-bond acceptors (Lipinski definition) is 16. The number of likely N-dealkylation sites (N-methyl/N-ethyl adjacent to an activating group) is 2. The fourth-order valence-electron chi connectivity index (χ4n) is 12.2. The number of anilines is 4. The van der Waals surface area contributed by atoms with Gasteiger partial charge in [0.05, 0.1) is 67.4 Å². The molecule has 412 valence electrons. The molecule has 4 fully saturated rings. The highest BCUT2D eigenvalue weighted by Gasteiger charge is 2.40. The van der Waals surface area contributed by atoms with Crippen molar-refractivity contribution >= 4 is 102 Å². The van der Waals surface area contributed by atoms with Gasteiger partial charge in [-0.25, -0.2) is 9.97 Å². The zero-order chi connectivity index (χ0) is 55.4. The van der Waals surface area contributed by atoms with E-state index in [2.05, 4.69) is 129 Å². The number of hydrogen-bond donors (Lipinski definition) is 2. The quantitative estimate of drug-likeness (QED) is 0.149. The number of carbonyl (C=O) groups is 2. The van der Waals surface area contributed by atoms with Crippen molar-refractivity contribution in [3.05, 3.63) is 95.3 Å². The highest BCUT2D eigenvalue weighted by Crippen LogP contribution is 2.51. The van der Waals surface area contributed by atoms with Crippen molar-refractivity contribution in [3.63, 3.8) is 0 Å². The number of aryl methyl sites for hydroxylation is 2. The highest BCUT2D eigenvalue weighted by molar-refractivity contribution is 6.38. The Labute approximate surface area is 472 Å². The maximum Gasteiger partial charge on any atom is 0.246 e. The van der Waals surface area contributed by atoms with Crippen LogP contribution >= 0.6 is 23.2 Å². The van der Waals surface area contributed by atoms with Crippen molar-refractivity contribution in [1.82, 2.24) is 59.9 Å². The van der Waals surface area contributed by atoms with Crippen LogP contribution in [0.4, 0.5) is 23.5 Å². The predicted molar refractivity (Wildman–Crippen MR) is 315 cm³/mol. The van der Waals surface area contributed by atoms with Crippen molar-refractivity contribution < 1.29 is 19.1 Å². The number of nitrogens with zero attached hydrogens (tertiary/aromatic N) is 14. The van der Waals surface area contributed by atoms with Gasteiger partial charge in [-0.05, 0) is 101 Å². The molecule has 8 aromatic rings. The molecule has 6 aliphatic heterocycles. The fourth-order valence-corrected chi connectivity index (χ4v) is 12.8. The van der Waals surface area contributed by atoms with Gasteiger partial charge in [0.25, 0.3) is 0 Å². The molecule has 0 saturated carbocycles. The molecule has 0 bridgehead atoms. The van der Waals surface area contributed by atoms with Gasteiger partial charge in [-0.2, -0.15) is 20.2 Å². The number of carbonyl (C=O) groups excluding carboxylic acids is 2. The number of halogens is 2. The molecule has 2 atom stereocenters. The summed E-state index contributed by atoms with van der Waals surface area (Å²) in [6, 6.07) is 13.1. The first-order valence-corrected chi connectivity index (χ1v) is 27.8. The van der Waals surface area contributed by atoms with E-state index < -0.39 is 0 Å². The van der Waals surface area contributed by atoms with Gasteiger partial charge < -0.3 is 48.7 Å². The number of nitrogens with one attached hydrogen (secondary N) is 2. The molecule has 2 amide bonds. The Morgan fingerprint density at radius 3 is 1.41 bits per heavy atom. The number of H-pyrrole nitrogens is 2. The van der Waals surface area contributed by atoms with Crippen LogP contribution in [0.5, 0.6) is 11.5 Å². The summed E-state index contributed by atoms with van der Waals surface area (Å²) < 4.78 is 13.0. The van der Waals surface area contributed by atoms with Crippen LogP contribution in [0.1, 0.15) is 11.1 Å². The van der Waals surface area contributed by atoms with E-state index in [-0.39, 0.29) is 23.9 Å². The molecule has 4 aromatic heterocycles. The summed E-state index contributed by atoms with van der Waals surface area (Å²) in [6.45, 7) is 19.1. The number of benzene rings is 4. The van der Waals surface area contributed by atoms with Gasteiger partial charge in [-0.3, -0.25) is 19.8 Å². The minimum atomic E-state index is -0.0829. The van der Waals surface area contributed by atoms with Crippen LogP contribution in [0.15, 0.2) is 74.1 Å². The molecule has 2 N–H and O–H groups in total. The van der Waals surface area contributed by atoms with Crippen LogP contribution in [0.3, 0.4) is 0 Å². The zero-order valence-corrected chi connectivity index (χ0v) is 47.1. The van der Waals surface area contributed by atoms with E-state index >= 15 is 0 Å². The number of aromatic amines is 2. The number of fused-ring (bicyclic) bond motifs is 6. The first kappa shape index (κ1) is 51.6. The Bertz CT molecular complexity index is 3600. The van der Waals surface area contributed by atoms with Gasteiger partial charge in [0.2, 0.25) is 23.7 Å². The molecular weight excluding hydrogens is 1060 g/mol. The second-order valence-electron chi connectivity index (χ2n) is 22.1. The first-order chi connectivity index (χ1) is 38.7. The Morgan fingerprint density at radius 1 is 0.613 bits per heavy atom. The average Bonchev–Trinajstić information content (AvgIpc) is 4.09. The van der Waals surface area contributed by atoms with Crippen molar-refractivity contribution in [2.24, 2.45) is 0 Å². The van der Waals surface area contributed by atoms with Crippen LogP contribution in [0, 0.1) is 13.8 Å². The summed E-state index contributed by atoms with van der Waals surface area (Å²) in [6.07, 6.45) is 6.41. The maximum absolute atomic E-state index is 12.5. The van der Waals surface area contributed by atoms with Crippen LogP contribution in [-0.2, 0) is 9.59 Å². The Morgan fingerprint density at radius 2 is 1.02 bits per heavy atom. The molecule has 10 heterocycles. The number of ether oxygens (including phenoxy) is 2. The first-order valence-electron chi connectivity index (χ1n) is 27.1. The van der Waals surface area contributed by atoms with Gasteiger partial charge in [0.15, 0.2) is 11.5 Å². The summed E-state index contributed by atoms with van der Waals surface area (Å²) in [4.78, 5) is 62.4. The molecule has 14 rings (SSSR count). The van der Waals surface area contributed by atoms with Crippen molar-refractivity contribution in [2.75, 3.05) is 126 Å². The molecule has 22 heteroatoms. The zero-order valence-electron chi connectivity index (χ0n) is 45.6. The van der Waals surface area contributed by atoms with Crippen LogP contribution in [0.25, 0.3) is 65.9 Å². The molecule has 0 aliphatic carbocycles. The lowest BCUT2D eigenvalue weighted by Gasteiger charge is -2.43. The molecule has 4 saturated heterocycles. The fraction of sp³-hybridized carbons (Fsp3) is 0.379. The molecule has 20 nitrogen and oxygen atoms in total. The lowest BCUT2D eigenvalue weighted by atomic mass is 9.95. The minimum absolute atomic E-state index is 0.0748. The molecular formula is C58H62Cl2N16O4. The van der Waals surface area contributed by atoms with Crippen molar-refractivity contribution in [1.29, 1.82) is 0 Å². The second kappa shape index (κ2) is 20.1. The van der Waals surface area contributed by atoms with E-state index in [0.717, 1.165) is 115 Å². The third-order valence-corrected chi connectivity index (χ3v) is 17.7. The number of rotatable bonds is 8. The summed E-state index contributed by atoms with van der Waals surface area (Å²) in [5.41, 5.74) is 9.31. The van der Waals surface area contributed by atoms with E-state index in [1.807, 2.05) is 34.3 Å². The van der Waals surface area contributed by atoms with E-state index in [9.17, 15) is 9.59 Å². The van der Waals surface area contributed by atoms with Gasteiger partial charge in [0, 0.05) is 99.4 Å². The van der Waals surface area contributed by atoms with Gasteiger partial charge in [0.1, 0.15) is 24.8 Å². The molecule has 0 radical (unpaired) electrons. The Kier molecular flexibility index (Phi) is 13.0. The SMILES string of the molecule is C=CC(=O)N1CCN2c3nc(N4CC(N(C)C)C4)nc4cc(-c5c(C)ccc6[nH]ncc56)c(Cl)c(c34)OC[C@@H]2C1.C=CC(=O)N1CCN2c3nc(N4CC(N(C)C)C4)nc4cc(-c5c(C)ccc6[nH]ncc56)c(Cl)c(c34)OC[C@@H]2C1. The number of aromatic nitrogens is 8. The maximum atomic E-state index is 12.5. The van der Waals surface area contributed by atoms with E-state index in [1.54, 1.807) is 0 Å². The normalized spacial score (nSPS) is 19.0. The monoisotopic (exact) mass is 1120 g/mol. The van der Waals surface area contributed by atoms with Gasteiger partial charge >= 0.3 is 0 Å². The van der Waals surface area contributed by atoms with Gasteiger partial charge in [-0.15, -0.1) is 0 Å². The van der Waals surface area contributed by atoms with Crippen LogP contribution < -0.4 is 29.1 Å². The second-order valence-corrected chi connectivity index (χ2v) is 22.9. The third kappa shape index (κ3) is 8.56. The summed E-state index contributed by atoms with van der Waals surface area (Å²) in [5, 5.41) is 19.3. The topological polar surface area (TPSA) is 187 Å². The molecule has 0 unspecified atom stereocenters. The molecule has 6 aliphatic rings. The standard InChI is InChI=1S/2C29H31ClN8O2/c2*1-5-23(39)36-8-9-38-18(14-36)15-40-27-25-22(32-29(33-28(25)38)37-12-17(13-37)35(3)4)10-19(26(27)30)24-16(2)6-7-21-20(24)11-31-34-21/h2*5-7,10-11,17-18H,1,8-9,12-15H2,2-4H3,(H,31,34)/t2*18-/m00/s1. The van der Waals surface area contributed by atoms with Gasteiger partial charge in [-0.1, -0.05) is 48.5 Å². The van der Waals surface area contributed by atoms with Crippen LogP contribution in [-0.4, -0.2) is 203 Å². The lowest BCUT2D eigenvalue weighted by Crippen LogP contribution is -2.58. The van der Waals surface area contributed by atoms with Crippen molar-refractivity contribution in [2.45, 2.75) is 38.0 Å². The summed E-state index contributed by atoms with van der Waals surface area (Å²) in [7, 11) is 8.40. The number of amides is 2. The third-order valence-electron chi connectivity index (χ3n) is 17.0. The highest BCUT2D eigenvalue weighted by atomic mass is 35.5. The average molecular weight is 1120 g/mol. The van der Waals surface area contributed by atoms with E-state index in [1.165, 1.54) is 12.2 Å². The summed E-state index contributed by atoms with van der Waals surface area (Å²) >= 11 is 14.4. The van der Waals surface area contributed by atoms with Crippen molar-refractivity contribution in [3.8, 4) is 33.8 Å². The van der Waals surface area contributed by atoms with Crippen LogP contribution in [0.2, 0.25) is 10.0 Å². The lowest BCUT2D eigenvalue weighted by molar-refractivity contribution is -0.127.